The molecule has 2 atom stereocenters. The number of allylic oxidation sites excluding steroid dienone is 3. The van der Waals surface area contributed by atoms with Crippen molar-refractivity contribution in [2.75, 3.05) is 11.6 Å². The molecule has 9 nitrogen and oxygen atoms in total. The van der Waals surface area contributed by atoms with Crippen molar-refractivity contribution in [2.45, 2.75) is 39.3 Å². The molecule has 31 heavy (non-hydrogen) atoms. The molecule has 1 aromatic rings. The Morgan fingerprint density at radius 2 is 2.13 bits per heavy atom. The Balaban J connectivity index is 1.64. The maximum atomic E-state index is 13.0. The fourth-order valence-corrected chi connectivity index (χ4v) is 4.78. The van der Waals surface area contributed by atoms with Gasteiger partial charge in [0.25, 0.3) is 11.8 Å². The summed E-state index contributed by atoms with van der Waals surface area (Å²) in [6.07, 6.45) is 6.19. The quantitative estimate of drug-likeness (QED) is 0.285. The average Bonchev–Trinajstić information content (AvgIpc) is 3.36. The van der Waals surface area contributed by atoms with Crippen LogP contribution in [-0.4, -0.2) is 44.2 Å². The van der Waals surface area contributed by atoms with Gasteiger partial charge in [0.1, 0.15) is 5.57 Å². The van der Waals surface area contributed by atoms with E-state index in [1.54, 1.807) is 12.2 Å². The number of hydrogen-bond acceptors (Lipinski definition) is 7. The van der Waals surface area contributed by atoms with E-state index in [2.05, 4.69) is 35.6 Å². The second-order valence-corrected chi connectivity index (χ2v) is 8.55. The van der Waals surface area contributed by atoms with E-state index in [1.807, 2.05) is 23.5 Å². The lowest BCUT2D eigenvalue weighted by molar-refractivity contribution is -0.128. The fraction of sp³-hybridized carbons (Fsp3) is 0.333. The van der Waals surface area contributed by atoms with Crippen molar-refractivity contribution in [3.63, 3.8) is 0 Å². The number of aryl methyl sites for hydroxylation is 1. The number of aromatic nitrogens is 2. The van der Waals surface area contributed by atoms with Crippen LogP contribution in [0.1, 0.15) is 37.6 Å². The maximum Gasteiger partial charge on any atom is 0.265 e. The van der Waals surface area contributed by atoms with Gasteiger partial charge < -0.3 is 5.32 Å². The first-order valence-electron chi connectivity index (χ1n) is 10.1. The van der Waals surface area contributed by atoms with Crippen LogP contribution in [-0.2, 0) is 9.59 Å². The van der Waals surface area contributed by atoms with Crippen molar-refractivity contribution in [2.24, 2.45) is 0 Å². The molecule has 4 aliphatic heterocycles. The molecule has 3 N–H and O–H groups in total. The van der Waals surface area contributed by atoms with E-state index in [9.17, 15) is 9.59 Å². The van der Waals surface area contributed by atoms with Crippen LogP contribution in [0.4, 0.5) is 5.82 Å². The average molecular weight is 438 g/mol. The zero-order valence-corrected chi connectivity index (χ0v) is 18.3. The molecule has 0 radical (unpaired) electrons. The number of hydrazine groups is 1. The summed E-state index contributed by atoms with van der Waals surface area (Å²) in [6, 6.07) is 0.395. The predicted molar refractivity (Wildman–Crippen MR) is 120 cm³/mol. The van der Waals surface area contributed by atoms with Gasteiger partial charge in [0.15, 0.2) is 10.9 Å². The molecule has 10 heteroatoms. The summed E-state index contributed by atoms with van der Waals surface area (Å²) >= 11 is 5.15. The molecule has 0 spiro atoms. The van der Waals surface area contributed by atoms with Crippen molar-refractivity contribution >= 4 is 41.0 Å². The summed E-state index contributed by atoms with van der Waals surface area (Å²) in [4.78, 5) is 27.0. The number of nitrogens with one attached hydrogen (secondary N) is 3. The normalized spacial score (nSPS) is 25.7. The van der Waals surface area contributed by atoms with E-state index in [1.165, 1.54) is 4.90 Å². The van der Waals surface area contributed by atoms with E-state index >= 15 is 0 Å². The van der Waals surface area contributed by atoms with Gasteiger partial charge in [-0.1, -0.05) is 6.08 Å². The van der Waals surface area contributed by atoms with E-state index in [0.717, 1.165) is 40.6 Å². The fourth-order valence-electron chi connectivity index (χ4n) is 4.53. The lowest BCUT2D eigenvalue weighted by Crippen LogP contribution is -2.53. The highest BCUT2D eigenvalue weighted by molar-refractivity contribution is 7.80. The SMILES string of the molecule is C=CCN1C(=O)C(=Cc2c(C)nn3c2N2NC(C)=CC2=C2NC(C)CC23)C(=O)NC1=S. The Morgan fingerprint density at radius 1 is 1.35 bits per heavy atom. The van der Waals surface area contributed by atoms with Gasteiger partial charge in [-0.15, -0.1) is 6.58 Å². The predicted octanol–water partition coefficient (Wildman–Crippen LogP) is 1.38. The van der Waals surface area contributed by atoms with Gasteiger partial charge in [-0.2, -0.15) is 5.10 Å². The number of fused-ring (bicyclic) bond motifs is 5. The van der Waals surface area contributed by atoms with Gasteiger partial charge in [-0.05, 0) is 51.6 Å². The zero-order valence-electron chi connectivity index (χ0n) is 17.5. The molecule has 0 saturated carbocycles. The van der Waals surface area contributed by atoms with Crippen LogP contribution in [0.25, 0.3) is 6.08 Å². The standard InChI is InChI=1S/C21H23N7O2S/c1-5-6-26-20(30)14(18(29)23-21(26)31)9-13-12(4)25-28-15-7-10(2)22-17(15)16-8-11(3)24-27(16)19(13)28/h5,8-10,15,22,24H,1,6-7H2,2-4H3,(H,23,29,31). The first-order chi connectivity index (χ1) is 14.8. The largest absolute Gasteiger partial charge is 0.382 e. The van der Waals surface area contributed by atoms with Gasteiger partial charge in [-0.25, -0.2) is 9.69 Å². The summed E-state index contributed by atoms with van der Waals surface area (Å²) in [5, 5.41) is 13.0. The van der Waals surface area contributed by atoms with Crippen molar-refractivity contribution in [3.05, 3.63) is 52.7 Å². The minimum atomic E-state index is -0.512. The molecular formula is C21H23N7O2S. The first-order valence-corrected chi connectivity index (χ1v) is 10.6. The molecule has 0 bridgehead atoms. The summed E-state index contributed by atoms with van der Waals surface area (Å²) in [6.45, 7) is 9.92. The minimum absolute atomic E-state index is 0.0208. The van der Waals surface area contributed by atoms with Gasteiger partial charge in [0.05, 0.1) is 23.1 Å². The molecule has 5 heterocycles. The molecular weight excluding hydrogens is 414 g/mol. The summed E-state index contributed by atoms with van der Waals surface area (Å²) < 4.78 is 1.98. The lowest BCUT2D eigenvalue weighted by Gasteiger charge is -2.32. The van der Waals surface area contributed by atoms with Crippen molar-refractivity contribution in [1.29, 1.82) is 0 Å². The Morgan fingerprint density at radius 3 is 2.87 bits per heavy atom. The number of nitrogens with zero attached hydrogens (tertiary/aromatic N) is 4. The van der Waals surface area contributed by atoms with Crippen LogP contribution < -0.4 is 21.1 Å². The topological polar surface area (TPSA) is 94.5 Å². The van der Waals surface area contributed by atoms with Crippen molar-refractivity contribution < 1.29 is 9.59 Å². The smallest absolute Gasteiger partial charge is 0.265 e. The van der Waals surface area contributed by atoms with Gasteiger partial charge in [0.2, 0.25) is 0 Å². The number of anilines is 1. The highest BCUT2D eigenvalue weighted by Gasteiger charge is 2.42. The third-order valence-corrected chi connectivity index (χ3v) is 6.19. The summed E-state index contributed by atoms with van der Waals surface area (Å²) in [7, 11) is 0. The number of carbonyl (C=O) groups excluding carboxylic acids is 2. The van der Waals surface area contributed by atoms with Crippen LogP contribution in [0, 0.1) is 6.92 Å². The van der Waals surface area contributed by atoms with Gasteiger partial charge in [-0.3, -0.25) is 25.2 Å². The van der Waals surface area contributed by atoms with Crippen molar-refractivity contribution in [3.8, 4) is 0 Å². The number of thiocarbonyl (C=S) groups is 1. The monoisotopic (exact) mass is 437 g/mol. The molecule has 0 aliphatic carbocycles. The molecule has 5 rings (SSSR count). The highest BCUT2D eigenvalue weighted by Crippen LogP contribution is 2.44. The zero-order chi connectivity index (χ0) is 22.0. The molecule has 1 aromatic heterocycles. The molecule has 0 aromatic carbocycles. The van der Waals surface area contributed by atoms with Gasteiger partial charge in [0, 0.05) is 23.8 Å². The van der Waals surface area contributed by atoms with Crippen LogP contribution in [0.5, 0.6) is 0 Å². The minimum Gasteiger partial charge on any atom is -0.382 e. The van der Waals surface area contributed by atoms with Gasteiger partial charge >= 0.3 is 0 Å². The van der Waals surface area contributed by atoms with Crippen LogP contribution in [0.2, 0.25) is 0 Å². The maximum absolute atomic E-state index is 13.0. The molecule has 160 valence electrons. The van der Waals surface area contributed by atoms with E-state index in [4.69, 9.17) is 17.3 Å². The highest BCUT2D eigenvalue weighted by atomic mass is 32.1. The third-order valence-electron chi connectivity index (χ3n) is 5.87. The number of hydrogen-bond donors (Lipinski definition) is 3. The Kier molecular flexibility index (Phi) is 4.30. The second kappa shape index (κ2) is 6.81. The molecule has 2 fully saturated rings. The third kappa shape index (κ3) is 2.82. The van der Waals surface area contributed by atoms with E-state index < -0.39 is 11.8 Å². The van der Waals surface area contributed by atoms with Crippen LogP contribution in [0.15, 0.2) is 41.4 Å². The molecule has 4 aliphatic rings. The molecule has 2 unspecified atom stereocenters. The van der Waals surface area contributed by atoms with E-state index in [0.29, 0.717) is 6.04 Å². The van der Waals surface area contributed by atoms with Crippen LogP contribution in [0.3, 0.4) is 0 Å². The molecule has 2 saturated heterocycles. The number of carbonyl (C=O) groups is 2. The van der Waals surface area contributed by atoms with E-state index in [-0.39, 0.29) is 23.3 Å². The van der Waals surface area contributed by atoms with Crippen molar-refractivity contribution in [1.82, 2.24) is 30.7 Å². The lowest BCUT2D eigenvalue weighted by atomic mass is 10.0. The molecule has 2 amide bonds. The first kappa shape index (κ1) is 19.6. The number of rotatable bonds is 3. The number of amides is 2. The second-order valence-electron chi connectivity index (χ2n) is 8.16. The summed E-state index contributed by atoms with van der Waals surface area (Å²) in [5.41, 5.74) is 8.00. The van der Waals surface area contributed by atoms with Crippen LogP contribution >= 0.6 is 12.2 Å². The Labute approximate surface area is 185 Å². The summed E-state index contributed by atoms with van der Waals surface area (Å²) in [5.74, 6) is -0.149. The Bertz CT molecular complexity index is 1160. The Hall–Kier alpha value is -3.40.